The topological polar surface area (TPSA) is 26.0 Å². The quantitative estimate of drug-likeness (QED) is 0.664. The minimum Gasteiger partial charge on any atom is -0.398 e. The average Bonchev–Trinajstić information content (AvgIpc) is 2.33. The Hall–Kier alpha value is -1.26. The van der Waals surface area contributed by atoms with Gasteiger partial charge in [-0.05, 0) is 30.3 Å². The molecule has 0 bridgehead atoms. The van der Waals surface area contributed by atoms with Crippen molar-refractivity contribution in [3.8, 4) is 0 Å². The van der Waals surface area contributed by atoms with Crippen LogP contribution in [0.25, 0.3) is 0 Å². The van der Waals surface area contributed by atoms with Crippen molar-refractivity contribution >= 4 is 29.1 Å². The molecule has 0 unspecified atom stereocenters. The molecule has 0 aliphatic carbocycles. The zero-order valence-corrected chi connectivity index (χ0v) is 10.9. The van der Waals surface area contributed by atoms with E-state index < -0.39 is 0 Å². The van der Waals surface area contributed by atoms with E-state index in [4.69, 9.17) is 17.3 Å². The highest BCUT2D eigenvalue weighted by atomic mass is 35.5. The van der Waals surface area contributed by atoms with Crippen LogP contribution >= 0.6 is 23.4 Å². The van der Waals surface area contributed by atoms with Gasteiger partial charge < -0.3 is 5.73 Å². The minimum absolute atomic E-state index is 0.305. The van der Waals surface area contributed by atoms with Crippen molar-refractivity contribution in [3.05, 3.63) is 58.6 Å². The lowest BCUT2D eigenvalue weighted by Gasteiger charge is -2.07. The summed E-state index contributed by atoms with van der Waals surface area (Å²) in [5.41, 5.74) is 6.58. The first-order valence-corrected chi connectivity index (χ1v) is 6.55. The predicted molar refractivity (Wildman–Crippen MR) is 71.8 cm³/mol. The molecule has 0 radical (unpaired) electrons. The molecule has 2 rings (SSSR count). The van der Waals surface area contributed by atoms with Crippen LogP contribution in [0.2, 0.25) is 5.02 Å². The monoisotopic (exact) mass is 285 g/mol. The van der Waals surface area contributed by atoms with Gasteiger partial charge in [-0.1, -0.05) is 17.7 Å². The van der Waals surface area contributed by atoms with E-state index >= 15 is 0 Å². The number of rotatable bonds is 3. The van der Waals surface area contributed by atoms with Crippen LogP contribution in [0.3, 0.4) is 0 Å². The van der Waals surface area contributed by atoms with Crippen molar-refractivity contribution < 1.29 is 8.78 Å². The number of hydrogen-bond donors (Lipinski definition) is 1. The fraction of sp³-hybridized carbons (Fsp3) is 0.0769. The van der Waals surface area contributed by atoms with Crippen molar-refractivity contribution in [1.29, 1.82) is 0 Å². The smallest absolute Gasteiger partial charge is 0.128 e. The van der Waals surface area contributed by atoms with Crippen LogP contribution in [-0.4, -0.2) is 0 Å². The molecule has 0 heterocycles. The Morgan fingerprint density at radius 1 is 1.17 bits per heavy atom. The van der Waals surface area contributed by atoms with E-state index in [1.165, 1.54) is 36.0 Å². The molecular weight excluding hydrogens is 276 g/mol. The lowest BCUT2D eigenvalue weighted by molar-refractivity contribution is 0.617. The van der Waals surface area contributed by atoms with E-state index in [2.05, 4.69) is 0 Å². The molecule has 18 heavy (non-hydrogen) atoms. The van der Waals surface area contributed by atoms with Gasteiger partial charge in [0.2, 0.25) is 0 Å². The van der Waals surface area contributed by atoms with Gasteiger partial charge in [-0.3, -0.25) is 0 Å². The van der Waals surface area contributed by atoms with Crippen molar-refractivity contribution in [2.75, 3.05) is 5.73 Å². The van der Waals surface area contributed by atoms with E-state index in [1.54, 1.807) is 12.1 Å². The molecule has 0 saturated heterocycles. The highest BCUT2D eigenvalue weighted by Crippen LogP contribution is 2.31. The van der Waals surface area contributed by atoms with Crippen LogP contribution in [0.4, 0.5) is 14.5 Å². The number of thioether (sulfide) groups is 1. The van der Waals surface area contributed by atoms with Gasteiger partial charge in [0.25, 0.3) is 0 Å². The summed E-state index contributed by atoms with van der Waals surface area (Å²) in [6.07, 6.45) is 0. The molecule has 0 aliphatic rings. The second-order valence-electron chi connectivity index (χ2n) is 3.67. The molecule has 0 fully saturated rings. The van der Waals surface area contributed by atoms with E-state index in [0.29, 0.717) is 26.9 Å². The van der Waals surface area contributed by atoms with Gasteiger partial charge >= 0.3 is 0 Å². The molecule has 2 N–H and O–H groups in total. The molecule has 0 spiro atoms. The number of hydrogen-bond acceptors (Lipinski definition) is 2. The third kappa shape index (κ3) is 2.94. The number of benzene rings is 2. The van der Waals surface area contributed by atoms with Gasteiger partial charge in [-0.15, -0.1) is 11.8 Å². The second-order valence-corrected chi connectivity index (χ2v) is 5.10. The lowest BCUT2D eigenvalue weighted by atomic mass is 10.2. The summed E-state index contributed by atoms with van der Waals surface area (Å²) in [6.45, 7) is 0. The van der Waals surface area contributed by atoms with Crippen LogP contribution in [-0.2, 0) is 5.75 Å². The van der Waals surface area contributed by atoms with Crippen LogP contribution in [0, 0.1) is 11.6 Å². The van der Waals surface area contributed by atoms with Crippen LogP contribution in [0.1, 0.15) is 5.56 Å². The third-order valence-electron chi connectivity index (χ3n) is 2.41. The van der Waals surface area contributed by atoms with Gasteiger partial charge in [0.1, 0.15) is 11.6 Å². The molecule has 2 aromatic rings. The summed E-state index contributed by atoms with van der Waals surface area (Å²) >= 11 is 7.16. The maximum absolute atomic E-state index is 13.5. The standard InChI is InChI=1S/C13H10ClF2NS/c14-10-2-1-3-11(16)9(10)7-18-13-6-8(15)4-5-12(13)17/h1-6H,7,17H2. The summed E-state index contributed by atoms with van der Waals surface area (Å²) in [5.74, 6) is -0.435. The molecule has 0 atom stereocenters. The van der Waals surface area contributed by atoms with E-state index in [-0.39, 0.29) is 11.6 Å². The van der Waals surface area contributed by atoms with Gasteiger partial charge in [0.05, 0.1) is 0 Å². The predicted octanol–water partition coefficient (Wildman–Crippen LogP) is 4.49. The maximum atomic E-state index is 13.5. The fourth-order valence-electron chi connectivity index (χ4n) is 1.45. The summed E-state index contributed by atoms with van der Waals surface area (Å²) in [7, 11) is 0. The Balaban J connectivity index is 2.19. The summed E-state index contributed by atoms with van der Waals surface area (Å²) < 4.78 is 26.6. The number of halogens is 3. The maximum Gasteiger partial charge on any atom is 0.128 e. The van der Waals surface area contributed by atoms with Crippen LogP contribution < -0.4 is 5.73 Å². The van der Waals surface area contributed by atoms with Crippen molar-refractivity contribution in [2.24, 2.45) is 0 Å². The summed E-state index contributed by atoms with van der Waals surface area (Å²) in [5, 5.41) is 0.359. The van der Waals surface area contributed by atoms with Gasteiger partial charge in [0, 0.05) is 26.9 Å². The van der Waals surface area contributed by atoms with E-state index in [0.717, 1.165) is 0 Å². The van der Waals surface area contributed by atoms with Crippen molar-refractivity contribution in [3.63, 3.8) is 0 Å². The molecule has 1 nitrogen and oxygen atoms in total. The lowest BCUT2D eigenvalue weighted by Crippen LogP contribution is -1.92. The second kappa shape index (κ2) is 5.59. The van der Waals surface area contributed by atoms with Crippen molar-refractivity contribution in [1.82, 2.24) is 0 Å². The van der Waals surface area contributed by atoms with Crippen LogP contribution in [0.15, 0.2) is 41.3 Å². The van der Waals surface area contributed by atoms with Crippen LogP contribution in [0.5, 0.6) is 0 Å². The van der Waals surface area contributed by atoms with E-state index in [9.17, 15) is 8.78 Å². The van der Waals surface area contributed by atoms with E-state index in [1.807, 2.05) is 0 Å². The zero-order chi connectivity index (χ0) is 13.1. The highest BCUT2D eigenvalue weighted by Gasteiger charge is 2.09. The average molecular weight is 286 g/mol. The molecule has 94 valence electrons. The first kappa shape index (κ1) is 13.2. The SMILES string of the molecule is Nc1ccc(F)cc1SCc1c(F)cccc1Cl. The third-order valence-corrected chi connectivity index (χ3v) is 3.86. The van der Waals surface area contributed by atoms with Gasteiger partial charge in [0.15, 0.2) is 0 Å². The molecule has 0 saturated carbocycles. The molecule has 5 heteroatoms. The normalized spacial score (nSPS) is 10.6. The number of nitrogens with two attached hydrogens (primary N) is 1. The highest BCUT2D eigenvalue weighted by molar-refractivity contribution is 7.98. The Labute approximate surface area is 113 Å². The summed E-state index contributed by atoms with van der Waals surface area (Å²) in [6, 6.07) is 8.61. The Bertz CT molecular complexity index is 555. The van der Waals surface area contributed by atoms with Crippen molar-refractivity contribution in [2.45, 2.75) is 10.6 Å². The first-order valence-electron chi connectivity index (χ1n) is 5.18. The fourth-order valence-corrected chi connectivity index (χ4v) is 2.79. The summed E-state index contributed by atoms with van der Waals surface area (Å²) in [4.78, 5) is 0.578. The number of anilines is 1. The minimum atomic E-state index is -0.370. The molecule has 2 aromatic carbocycles. The number of nitrogen functional groups attached to an aromatic ring is 1. The molecule has 0 aliphatic heterocycles. The Morgan fingerprint density at radius 3 is 2.67 bits per heavy atom. The largest absolute Gasteiger partial charge is 0.398 e. The Morgan fingerprint density at radius 2 is 1.94 bits per heavy atom. The van der Waals surface area contributed by atoms with Gasteiger partial charge in [-0.25, -0.2) is 8.78 Å². The molecular formula is C13H10ClF2NS. The molecule has 0 aromatic heterocycles. The zero-order valence-electron chi connectivity index (χ0n) is 9.29. The van der Waals surface area contributed by atoms with Gasteiger partial charge in [-0.2, -0.15) is 0 Å². The molecule has 0 amide bonds. The Kier molecular flexibility index (Phi) is 4.09. The first-order chi connectivity index (χ1) is 8.58.